The van der Waals surface area contributed by atoms with Crippen molar-refractivity contribution in [2.24, 2.45) is 0 Å². The highest BCUT2D eigenvalue weighted by Crippen LogP contribution is 2.20. The maximum absolute atomic E-state index is 9.60. The third-order valence-electron chi connectivity index (χ3n) is 3.47. The molecule has 1 aromatic carbocycles. The van der Waals surface area contributed by atoms with Gasteiger partial charge in [0.15, 0.2) is 0 Å². The van der Waals surface area contributed by atoms with Gasteiger partial charge >= 0.3 is 0 Å². The van der Waals surface area contributed by atoms with E-state index in [1.807, 2.05) is 27.7 Å². The van der Waals surface area contributed by atoms with E-state index in [0.29, 0.717) is 6.47 Å². The molecule has 1 aliphatic rings. The summed E-state index contributed by atoms with van der Waals surface area (Å²) < 4.78 is 4.55. The summed E-state index contributed by atoms with van der Waals surface area (Å²) in [6.45, 7) is 12.1. The van der Waals surface area contributed by atoms with Crippen LogP contribution in [-0.2, 0) is 9.53 Å². The van der Waals surface area contributed by atoms with Gasteiger partial charge in [-0.05, 0) is 45.4 Å². The van der Waals surface area contributed by atoms with Crippen LogP contribution in [0.25, 0.3) is 0 Å². The molecule has 1 saturated heterocycles. The van der Waals surface area contributed by atoms with Crippen molar-refractivity contribution in [1.82, 2.24) is 5.32 Å². The van der Waals surface area contributed by atoms with Crippen molar-refractivity contribution in [2.45, 2.75) is 39.2 Å². The van der Waals surface area contributed by atoms with Crippen LogP contribution in [0.15, 0.2) is 24.3 Å². The molecule has 1 atom stereocenters. The molecule has 0 spiro atoms. The first-order valence-electron chi connectivity index (χ1n) is 7.94. The number of ether oxygens (including phenoxy) is 1. The monoisotopic (exact) mass is 317 g/mol. The predicted octanol–water partition coefficient (Wildman–Crippen LogP) is 2.68. The summed E-state index contributed by atoms with van der Waals surface area (Å²) in [5, 5.41) is 12.2. The fourth-order valence-corrected chi connectivity index (χ4v) is 2.12. The molecule has 5 heteroatoms. The Labute approximate surface area is 139 Å². The lowest BCUT2D eigenvalue weighted by molar-refractivity contribution is -0.138. The second-order valence-electron chi connectivity index (χ2n) is 6.51. The quantitative estimate of drug-likeness (QED) is 0.868. The molecule has 0 amide bonds. The van der Waals surface area contributed by atoms with Gasteiger partial charge in [-0.2, -0.15) is 5.26 Å². The minimum Gasteiger partial charge on any atom is -0.462 e. The largest absolute Gasteiger partial charge is 0.462 e. The van der Waals surface area contributed by atoms with Gasteiger partial charge in [-0.25, -0.2) is 0 Å². The summed E-state index contributed by atoms with van der Waals surface area (Å²) in [4.78, 5) is 12.0. The van der Waals surface area contributed by atoms with Crippen molar-refractivity contribution in [3.05, 3.63) is 29.8 Å². The topological polar surface area (TPSA) is 65.4 Å². The fraction of sp³-hybridized carbons (Fsp3) is 0.556. The zero-order valence-corrected chi connectivity index (χ0v) is 14.5. The van der Waals surface area contributed by atoms with Crippen LogP contribution in [0.3, 0.4) is 0 Å². The molecule has 1 heterocycles. The van der Waals surface area contributed by atoms with E-state index in [1.54, 1.807) is 0 Å². The van der Waals surface area contributed by atoms with Crippen molar-refractivity contribution in [3.63, 3.8) is 0 Å². The van der Waals surface area contributed by atoms with E-state index in [2.05, 4.69) is 45.3 Å². The number of nitrogens with one attached hydrogen (secondary N) is 1. The van der Waals surface area contributed by atoms with E-state index in [1.165, 1.54) is 5.69 Å². The Morgan fingerprint density at radius 1 is 1.26 bits per heavy atom. The molecule has 0 saturated carbocycles. The minimum absolute atomic E-state index is 0.0166. The average molecular weight is 317 g/mol. The summed E-state index contributed by atoms with van der Waals surface area (Å²) in [7, 11) is 0. The zero-order chi connectivity index (χ0) is 17.3. The Bertz CT molecular complexity index is 509. The molecule has 2 rings (SSSR count). The van der Waals surface area contributed by atoms with E-state index in [4.69, 9.17) is 5.26 Å². The van der Waals surface area contributed by atoms with Gasteiger partial charge in [-0.15, -0.1) is 0 Å². The lowest BCUT2D eigenvalue weighted by Crippen LogP contribution is -2.43. The Morgan fingerprint density at radius 2 is 1.83 bits per heavy atom. The number of rotatable bonds is 3. The van der Waals surface area contributed by atoms with Crippen LogP contribution >= 0.6 is 0 Å². The molecule has 0 radical (unpaired) electrons. The number of piperazine rings is 1. The normalized spacial score (nSPS) is 15.7. The Kier molecular flexibility index (Phi) is 7.56. The van der Waals surface area contributed by atoms with Gasteiger partial charge in [0.25, 0.3) is 6.47 Å². The number of nitriles is 1. The first-order valence-corrected chi connectivity index (χ1v) is 7.94. The van der Waals surface area contributed by atoms with E-state index in [-0.39, 0.29) is 11.5 Å². The lowest BCUT2D eigenvalue weighted by Gasteiger charge is -2.29. The van der Waals surface area contributed by atoms with E-state index in [0.717, 1.165) is 31.7 Å². The molecular formula is C18H27N3O2. The number of hydrogen-bond acceptors (Lipinski definition) is 5. The summed E-state index contributed by atoms with van der Waals surface area (Å²) in [6.07, 6.45) is 0. The molecule has 126 valence electrons. The number of nitrogens with zero attached hydrogens (tertiary/aromatic N) is 2. The summed E-state index contributed by atoms with van der Waals surface area (Å²) in [5.74, 6) is -0.0166. The Balaban J connectivity index is 0.000000322. The van der Waals surface area contributed by atoms with Crippen LogP contribution in [0.5, 0.6) is 0 Å². The van der Waals surface area contributed by atoms with Gasteiger partial charge in [-0.3, -0.25) is 4.79 Å². The Hall–Kier alpha value is -2.06. The second-order valence-corrected chi connectivity index (χ2v) is 6.51. The van der Waals surface area contributed by atoms with Crippen molar-refractivity contribution in [3.8, 4) is 6.07 Å². The smallest absolute Gasteiger partial charge is 0.293 e. The van der Waals surface area contributed by atoms with Crippen LogP contribution in [-0.4, -0.2) is 38.3 Å². The molecular weight excluding hydrogens is 290 g/mol. The first kappa shape index (κ1) is 19.0. The summed E-state index contributed by atoms with van der Waals surface area (Å²) in [6, 6.07) is 10.6. The lowest BCUT2D eigenvalue weighted by atomic mass is 10.0. The third kappa shape index (κ3) is 7.16. The highest BCUT2D eigenvalue weighted by Gasteiger charge is 2.11. The Morgan fingerprint density at radius 3 is 2.22 bits per heavy atom. The van der Waals surface area contributed by atoms with Gasteiger partial charge < -0.3 is 15.0 Å². The average Bonchev–Trinajstić information content (AvgIpc) is 2.54. The summed E-state index contributed by atoms with van der Waals surface area (Å²) in [5.41, 5.74) is 2.04. The van der Waals surface area contributed by atoms with E-state index < -0.39 is 0 Å². The first-order chi connectivity index (χ1) is 10.9. The number of benzene rings is 1. The maximum atomic E-state index is 9.60. The summed E-state index contributed by atoms with van der Waals surface area (Å²) >= 11 is 0. The van der Waals surface area contributed by atoms with Crippen LogP contribution < -0.4 is 10.2 Å². The number of carbonyl (C=O) groups is 1. The van der Waals surface area contributed by atoms with Gasteiger partial charge in [0, 0.05) is 31.9 Å². The van der Waals surface area contributed by atoms with Crippen LogP contribution in [0, 0.1) is 11.3 Å². The third-order valence-corrected chi connectivity index (χ3v) is 3.47. The van der Waals surface area contributed by atoms with Crippen molar-refractivity contribution in [1.29, 1.82) is 5.26 Å². The van der Waals surface area contributed by atoms with Crippen molar-refractivity contribution in [2.75, 3.05) is 31.1 Å². The SMILES string of the molecule is CC(C#N)c1ccc(N2CCNCC2)cc1.CC(C)(C)OC=O. The second kappa shape index (κ2) is 9.16. The molecule has 1 aromatic rings. The number of hydrogen-bond donors (Lipinski definition) is 1. The molecule has 1 fully saturated rings. The van der Waals surface area contributed by atoms with Gasteiger partial charge in [0.1, 0.15) is 5.60 Å². The molecule has 1 N–H and O–H groups in total. The van der Waals surface area contributed by atoms with Crippen LogP contribution in [0.4, 0.5) is 5.69 Å². The fourth-order valence-electron chi connectivity index (χ4n) is 2.12. The van der Waals surface area contributed by atoms with Crippen molar-refractivity contribution >= 4 is 12.2 Å². The predicted molar refractivity (Wildman–Crippen MR) is 92.5 cm³/mol. The molecule has 1 unspecified atom stereocenters. The number of carbonyl (C=O) groups excluding carboxylic acids is 1. The molecule has 0 aromatic heterocycles. The molecule has 23 heavy (non-hydrogen) atoms. The van der Waals surface area contributed by atoms with Gasteiger partial charge in [0.2, 0.25) is 0 Å². The molecule has 1 aliphatic heterocycles. The molecule has 5 nitrogen and oxygen atoms in total. The van der Waals surface area contributed by atoms with Crippen LogP contribution in [0.2, 0.25) is 0 Å². The molecule has 0 aliphatic carbocycles. The van der Waals surface area contributed by atoms with Gasteiger partial charge in [-0.1, -0.05) is 12.1 Å². The molecule has 0 bridgehead atoms. The maximum Gasteiger partial charge on any atom is 0.293 e. The standard InChI is InChI=1S/C13H17N3.C5H10O2/c1-11(10-14)12-2-4-13(5-3-12)16-8-6-15-7-9-16;1-5(2,3)7-4-6/h2-5,11,15H,6-9H2,1H3;4H,1-3H3. The van der Waals surface area contributed by atoms with Crippen LogP contribution in [0.1, 0.15) is 39.2 Å². The highest BCUT2D eigenvalue weighted by atomic mass is 16.5. The van der Waals surface area contributed by atoms with E-state index >= 15 is 0 Å². The highest BCUT2D eigenvalue weighted by molar-refractivity contribution is 5.49. The van der Waals surface area contributed by atoms with E-state index in [9.17, 15) is 4.79 Å². The minimum atomic E-state index is -0.318. The van der Waals surface area contributed by atoms with Gasteiger partial charge in [0.05, 0.1) is 12.0 Å². The number of anilines is 1. The zero-order valence-electron chi connectivity index (χ0n) is 14.5. The van der Waals surface area contributed by atoms with Crippen molar-refractivity contribution < 1.29 is 9.53 Å².